The van der Waals surface area contributed by atoms with E-state index in [2.05, 4.69) is 60.1 Å². The van der Waals surface area contributed by atoms with Gasteiger partial charge in [0.25, 0.3) is 0 Å². The fraction of sp³-hybridized carbons (Fsp3) is 0.429. The molecule has 1 amide bonds. The molecule has 0 fully saturated rings. The molecule has 0 saturated carbocycles. The van der Waals surface area contributed by atoms with Gasteiger partial charge < -0.3 is 14.5 Å². The largest absolute Gasteiger partial charge is 0.452 e. The van der Waals surface area contributed by atoms with Gasteiger partial charge in [0.05, 0.1) is 17.6 Å². The van der Waals surface area contributed by atoms with Crippen molar-refractivity contribution in [3.05, 3.63) is 47.7 Å². The van der Waals surface area contributed by atoms with Crippen LogP contribution in [0.15, 0.2) is 30.5 Å². The minimum atomic E-state index is -2.13. The zero-order valence-electron chi connectivity index (χ0n) is 18.0. The van der Waals surface area contributed by atoms with E-state index in [0.717, 1.165) is 6.07 Å². The van der Waals surface area contributed by atoms with E-state index in [1.54, 1.807) is 13.0 Å². The number of alkyl halides is 1. The first-order valence-corrected chi connectivity index (χ1v) is 13.3. The summed E-state index contributed by atoms with van der Waals surface area (Å²) in [7, 11) is -2.13. The SMILES string of the molecule is CC(Br)C(=O)Nc1ccc(Oc2c(F)cc(F)cc2CO[Si](C)(C)C(C)(C)C)cn1. The Labute approximate surface area is 185 Å². The summed E-state index contributed by atoms with van der Waals surface area (Å²) in [5, 5.41) is 2.58. The van der Waals surface area contributed by atoms with Crippen LogP contribution in [0.3, 0.4) is 0 Å². The Morgan fingerprint density at radius 3 is 2.47 bits per heavy atom. The van der Waals surface area contributed by atoms with Crippen molar-refractivity contribution in [1.82, 2.24) is 4.98 Å². The molecule has 2 rings (SSSR count). The molecule has 1 heterocycles. The number of carbonyl (C=O) groups excluding carboxylic acids is 1. The predicted molar refractivity (Wildman–Crippen MR) is 120 cm³/mol. The van der Waals surface area contributed by atoms with E-state index < -0.39 is 20.0 Å². The minimum Gasteiger partial charge on any atom is -0.452 e. The maximum atomic E-state index is 14.5. The van der Waals surface area contributed by atoms with Crippen molar-refractivity contribution in [2.75, 3.05) is 5.32 Å². The third kappa shape index (κ3) is 6.33. The number of anilines is 1. The van der Waals surface area contributed by atoms with Crippen molar-refractivity contribution < 1.29 is 22.7 Å². The first-order valence-electron chi connectivity index (χ1n) is 9.51. The van der Waals surface area contributed by atoms with E-state index in [9.17, 15) is 13.6 Å². The Bertz CT molecular complexity index is 900. The quantitative estimate of drug-likeness (QED) is 0.353. The molecule has 0 aliphatic carbocycles. The molecule has 164 valence electrons. The van der Waals surface area contributed by atoms with Gasteiger partial charge in [0.1, 0.15) is 17.4 Å². The number of rotatable bonds is 7. The molecular weight excluding hydrogens is 474 g/mol. The van der Waals surface area contributed by atoms with Gasteiger partial charge in [-0.1, -0.05) is 36.7 Å². The van der Waals surface area contributed by atoms with Crippen molar-refractivity contribution in [2.45, 2.75) is 57.3 Å². The fourth-order valence-corrected chi connectivity index (χ4v) is 3.23. The van der Waals surface area contributed by atoms with Crippen LogP contribution in [0.2, 0.25) is 18.1 Å². The molecule has 5 nitrogen and oxygen atoms in total. The lowest BCUT2D eigenvalue weighted by Crippen LogP contribution is -2.40. The number of carbonyl (C=O) groups is 1. The standard InChI is InChI=1S/C21H27BrF2N2O3Si/c1-13(22)20(27)26-18-8-7-16(11-25-18)29-19-14(9-15(23)10-17(19)24)12-28-30(5,6)21(2,3)4/h7-11,13H,12H2,1-6H3,(H,25,26,27). The van der Waals surface area contributed by atoms with Crippen molar-refractivity contribution in [2.24, 2.45) is 0 Å². The lowest BCUT2D eigenvalue weighted by Gasteiger charge is -2.36. The third-order valence-electron chi connectivity index (χ3n) is 5.05. The number of ether oxygens (including phenoxy) is 1. The molecule has 0 aliphatic heterocycles. The van der Waals surface area contributed by atoms with Crippen molar-refractivity contribution in [3.8, 4) is 11.5 Å². The molecule has 0 bridgehead atoms. The normalized spacial score (nSPS) is 13.1. The Morgan fingerprint density at radius 2 is 1.93 bits per heavy atom. The smallest absolute Gasteiger partial charge is 0.239 e. The zero-order valence-corrected chi connectivity index (χ0v) is 20.6. The lowest BCUT2D eigenvalue weighted by molar-refractivity contribution is -0.115. The van der Waals surface area contributed by atoms with E-state index in [1.165, 1.54) is 18.3 Å². The van der Waals surface area contributed by atoms with E-state index >= 15 is 0 Å². The first kappa shape index (κ1) is 24.4. The summed E-state index contributed by atoms with van der Waals surface area (Å²) in [4.78, 5) is 15.4. The van der Waals surface area contributed by atoms with Crippen molar-refractivity contribution >= 4 is 36.0 Å². The highest BCUT2D eigenvalue weighted by Crippen LogP contribution is 2.38. The number of hydrogen-bond acceptors (Lipinski definition) is 4. The van der Waals surface area contributed by atoms with Gasteiger partial charge in [0, 0.05) is 11.6 Å². The van der Waals surface area contributed by atoms with Gasteiger partial charge in [-0.2, -0.15) is 0 Å². The summed E-state index contributed by atoms with van der Waals surface area (Å²) >= 11 is 3.17. The molecule has 1 aromatic carbocycles. The van der Waals surface area contributed by atoms with Crippen LogP contribution in [0, 0.1) is 11.6 Å². The molecule has 0 aliphatic rings. The summed E-state index contributed by atoms with van der Waals surface area (Å²) in [5.41, 5.74) is 0.280. The number of amides is 1. The Hall–Kier alpha value is -1.84. The van der Waals surface area contributed by atoms with E-state index in [-0.39, 0.29) is 39.4 Å². The molecule has 0 saturated heterocycles. The number of aromatic nitrogens is 1. The number of hydrogen-bond donors (Lipinski definition) is 1. The number of nitrogens with zero attached hydrogens (tertiary/aromatic N) is 1. The number of nitrogens with one attached hydrogen (secondary N) is 1. The van der Waals surface area contributed by atoms with E-state index in [0.29, 0.717) is 5.82 Å². The predicted octanol–water partition coefficient (Wildman–Crippen LogP) is 6.40. The van der Waals surface area contributed by atoms with Gasteiger partial charge in [0.15, 0.2) is 19.9 Å². The molecule has 9 heteroatoms. The van der Waals surface area contributed by atoms with Crippen LogP contribution in [0.1, 0.15) is 33.3 Å². The Kier molecular flexibility index (Phi) is 7.76. The molecule has 1 aromatic heterocycles. The first-order chi connectivity index (χ1) is 13.8. The van der Waals surface area contributed by atoms with Crippen molar-refractivity contribution in [3.63, 3.8) is 0 Å². The van der Waals surface area contributed by atoms with Crippen LogP contribution in [-0.4, -0.2) is 24.0 Å². The highest BCUT2D eigenvalue weighted by Gasteiger charge is 2.37. The van der Waals surface area contributed by atoms with Crippen LogP contribution < -0.4 is 10.1 Å². The fourth-order valence-electron chi connectivity index (χ4n) is 2.17. The maximum absolute atomic E-state index is 14.5. The summed E-state index contributed by atoms with van der Waals surface area (Å²) in [6.45, 7) is 12.1. The monoisotopic (exact) mass is 500 g/mol. The van der Waals surface area contributed by atoms with Crippen LogP contribution in [-0.2, 0) is 15.8 Å². The molecular formula is C21H27BrF2N2O3Si. The molecule has 30 heavy (non-hydrogen) atoms. The average molecular weight is 501 g/mol. The van der Waals surface area contributed by atoms with Gasteiger partial charge in [-0.25, -0.2) is 13.8 Å². The van der Waals surface area contributed by atoms with Crippen LogP contribution in [0.5, 0.6) is 11.5 Å². The van der Waals surface area contributed by atoms with Crippen LogP contribution in [0.4, 0.5) is 14.6 Å². The maximum Gasteiger partial charge on any atom is 0.239 e. The summed E-state index contributed by atoms with van der Waals surface area (Å²) in [5.74, 6) is -1.30. The molecule has 1 unspecified atom stereocenters. The van der Waals surface area contributed by atoms with Gasteiger partial charge >= 0.3 is 0 Å². The summed E-state index contributed by atoms with van der Waals surface area (Å²) in [6, 6.07) is 5.06. The lowest BCUT2D eigenvalue weighted by atomic mass is 10.2. The summed E-state index contributed by atoms with van der Waals surface area (Å²) in [6.07, 6.45) is 1.36. The number of benzene rings is 1. The third-order valence-corrected chi connectivity index (χ3v) is 9.94. The molecule has 1 N–H and O–H groups in total. The molecule has 1 atom stereocenters. The van der Waals surface area contributed by atoms with Gasteiger partial charge in [0.2, 0.25) is 5.91 Å². The van der Waals surface area contributed by atoms with Gasteiger partial charge in [-0.3, -0.25) is 4.79 Å². The topological polar surface area (TPSA) is 60.5 Å². The highest BCUT2D eigenvalue weighted by molar-refractivity contribution is 9.10. The van der Waals surface area contributed by atoms with Gasteiger partial charge in [-0.05, 0) is 43.3 Å². The second-order valence-electron chi connectivity index (χ2n) is 8.51. The Morgan fingerprint density at radius 1 is 1.27 bits per heavy atom. The highest BCUT2D eigenvalue weighted by atomic mass is 79.9. The number of pyridine rings is 1. The number of halogens is 3. The second kappa shape index (κ2) is 9.53. The second-order valence-corrected chi connectivity index (χ2v) is 14.7. The van der Waals surface area contributed by atoms with E-state index in [4.69, 9.17) is 9.16 Å². The summed E-state index contributed by atoms with van der Waals surface area (Å²) < 4.78 is 40.1. The average Bonchev–Trinajstić information content (AvgIpc) is 2.62. The molecule has 0 radical (unpaired) electrons. The molecule has 2 aromatic rings. The zero-order chi connectivity index (χ0) is 22.7. The molecule has 0 spiro atoms. The van der Waals surface area contributed by atoms with E-state index in [1.807, 2.05) is 0 Å². The van der Waals surface area contributed by atoms with Crippen LogP contribution >= 0.6 is 15.9 Å². The van der Waals surface area contributed by atoms with Crippen molar-refractivity contribution in [1.29, 1.82) is 0 Å². The van der Waals surface area contributed by atoms with Gasteiger partial charge in [-0.15, -0.1) is 0 Å². The van der Waals surface area contributed by atoms with Crippen LogP contribution in [0.25, 0.3) is 0 Å². The minimum absolute atomic E-state index is 0.0329. The Balaban J connectivity index is 2.22.